The minimum absolute atomic E-state index is 0.399. The van der Waals surface area contributed by atoms with Gasteiger partial charge in [-0.3, -0.25) is 0 Å². The molecule has 1 aliphatic rings. The van der Waals surface area contributed by atoms with Gasteiger partial charge in [0.1, 0.15) is 0 Å². The summed E-state index contributed by atoms with van der Waals surface area (Å²) in [6.07, 6.45) is 6.03. The third-order valence-electron chi connectivity index (χ3n) is 3.02. The molecular weight excluding hydrogens is 176 g/mol. The lowest BCUT2D eigenvalue weighted by Crippen LogP contribution is -2.24. The summed E-state index contributed by atoms with van der Waals surface area (Å²) in [6, 6.07) is 0. The second-order valence-corrected chi connectivity index (χ2v) is 4.06. The minimum Gasteiger partial charge on any atom is -0.376 e. The third kappa shape index (κ3) is 1.98. The Hall–Kier alpha value is -0.830. The van der Waals surface area contributed by atoms with E-state index in [1.807, 2.05) is 13.3 Å². The largest absolute Gasteiger partial charge is 0.376 e. The molecule has 3 heteroatoms. The highest BCUT2D eigenvalue weighted by Gasteiger charge is 2.15. The predicted molar refractivity (Wildman–Crippen MR) is 55.3 cm³/mol. The van der Waals surface area contributed by atoms with Crippen LogP contribution >= 0.6 is 0 Å². The molecule has 2 heterocycles. The quantitative estimate of drug-likeness (QED) is 0.720. The standard InChI is InChI=1S/C11H18N2O/c1-9-10(2)13(8-12-9)7-11-5-3-4-6-14-11/h8,11H,3-7H2,1-2H3. The molecule has 1 unspecified atom stereocenters. The van der Waals surface area contributed by atoms with E-state index in [4.69, 9.17) is 4.74 Å². The monoisotopic (exact) mass is 194 g/mol. The minimum atomic E-state index is 0.399. The van der Waals surface area contributed by atoms with Crippen LogP contribution < -0.4 is 0 Å². The van der Waals surface area contributed by atoms with Crippen molar-refractivity contribution in [2.45, 2.75) is 45.8 Å². The summed E-state index contributed by atoms with van der Waals surface area (Å²) in [7, 11) is 0. The number of nitrogens with zero attached hydrogens (tertiary/aromatic N) is 2. The molecule has 0 spiro atoms. The lowest BCUT2D eigenvalue weighted by Gasteiger charge is -2.23. The van der Waals surface area contributed by atoms with E-state index in [9.17, 15) is 0 Å². The summed E-state index contributed by atoms with van der Waals surface area (Å²) >= 11 is 0. The number of ether oxygens (including phenoxy) is 1. The fourth-order valence-corrected chi connectivity index (χ4v) is 1.90. The third-order valence-corrected chi connectivity index (χ3v) is 3.02. The fraction of sp³-hybridized carbons (Fsp3) is 0.727. The summed E-state index contributed by atoms with van der Waals surface area (Å²) in [6.45, 7) is 6.06. The zero-order valence-electron chi connectivity index (χ0n) is 8.99. The molecule has 1 atom stereocenters. The van der Waals surface area contributed by atoms with Crippen molar-refractivity contribution >= 4 is 0 Å². The first kappa shape index (κ1) is 9.71. The van der Waals surface area contributed by atoms with Gasteiger partial charge in [0.2, 0.25) is 0 Å². The molecule has 0 saturated carbocycles. The second-order valence-electron chi connectivity index (χ2n) is 4.06. The fourth-order valence-electron chi connectivity index (χ4n) is 1.90. The Labute approximate surface area is 85.1 Å². The lowest BCUT2D eigenvalue weighted by atomic mass is 10.1. The molecule has 1 fully saturated rings. The summed E-state index contributed by atoms with van der Waals surface area (Å²) in [5.41, 5.74) is 2.39. The Balaban J connectivity index is 1.99. The van der Waals surface area contributed by atoms with Crippen LogP contribution in [0.1, 0.15) is 30.7 Å². The molecule has 1 aromatic heterocycles. The van der Waals surface area contributed by atoms with E-state index in [-0.39, 0.29) is 0 Å². The molecule has 0 radical (unpaired) electrons. The van der Waals surface area contributed by atoms with Crippen LogP contribution in [0.25, 0.3) is 0 Å². The molecule has 0 bridgehead atoms. The summed E-state index contributed by atoms with van der Waals surface area (Å²) < 4.78 is 7.90. The second kappa shape index (κ2) is 4.13. The van der Waals surface area contributed by atoms with Gasteiger partial charge >= 0.3 is 0 Å². The van der Waals surface area contributed by atoms with Crippen molar-refractivity contribution < 1.29 is 4.74 Å². The van der Waals surface area contributed by atoms with E-state index in [1.165, 1.54) is 25.0 Å². The van der Waals surface area contributed by atoms with Crippen LogP contribution in [0.15, 0.2) is 6.33 Å². The van der Waals surface area contributed by atoms with Crippen LogP contribution in [0.5, 0.6) is 0 Å². The first-order valence-corrected chi connectivity index (χ1v) is 5.37. The van der Waals surface area contributed by atoms with Gasteiger partial charge in [0.15, 0.2) is 0 Å². The SMILES string of the molecule is Cc1ncn(CC2CCCCO2)c1C. The van der Waals surface area contributed by atoms with Gasteiger partial charge in [0.05, 0.1) is 24.7 Å². The Morgan fingerprint density at radius 1 is 1.50 bits per heavy atom. The molecule has 0 N–H and O–H groups in total. The van der Waals surface area contributed by atoms with Gasteiger partial charge in [-0.2, -0.15) is 0 Å². The van der Waals surface area contributed by atoms with E-state index in [2.05, 4.69) is 16.5 Å². The normalized spacial score (nSPS) is 22.6. The molecule has 0 aliphatic carbocycles. The van der Waals surface area contributed by atoms with Crippen LogP contribution in [-0.2, 0) is 11.3 Å². The number of hydrogen-bond acceptors (Lipinski definition) is 2. The summed E-state index contributed by atoms with van der Waals surface area (Å²) in [4.78, 5) is 4.29. The smallest absolute Gasteiger partial charge is 0.0952 e. The highest BCUT2D eigenvalue weighted by Crippen LogP contribution is 2.15. The average Bonchev–Trinajstić information content (AvgIpc) is 2.52. The number of hydrogen-bond donors (Lipinski definition) is 0. The first-order valence-electron chi connectivity index (χ1n) is 5.37. The lowest BCUT2D eigenvalue weighted by molar-refractivity contribution is 0.00568. The number of rotatable bonds is 2. The van der Waals surface area contributed by atoms with Gasteiger partial charge < -0.3 is 9.30 Å². The average molecular weight is 194 g/mol. The van der Waals surface area contributed by atoms with Crippen molar-refractivity contribution in [2.24, 2.45) is 0 Å². The van der Waals surface area contributed by atoms with E-state index in [0.717, 1.165) is 18.8 Å². The van der Waals surface area contributed by atoms with Gasteiger partial charge in [0, 0.05) is 12.3 Å². The maximum absolute atomic E-state index is 5.70. The van der Waals surface area contributed by atoms with E-state index < -0.39 is 0 Å². The van der Waals surface area contributed by atoms with E-state index >= 15 is 0 Å². The maximum Gasteiger partial charge on any atom is 0.0952 e. The van der Waals surface area contributed by atoms with Gasteiger partial charge in [0.25, 0.3) is 0 Å². The first-order chi connectivity index (χ1) is 6.77. The molecule has 1 aromatic rings. The molecule has 2 rings (SSSR count). The molecule has 1 saturated heterocycles. The Morgan fingerprint density at radius 3 is 2.93 bits per heavy atom. The van der Waals surface area contributed by atoms with Gasteiger partial charge in [-0.15, -0.1) is 0 Å². The van der Waals surface area contributed by atoms with Crippen LogP contribution in [0.3, 0.4) is 0 Å². The van der Waals surface area contributed by atoms with E-state index in [0.29, 0.717) is 6.10 Å². The predicted octanol–water partition coefficient (Wildman–Crippen LogP) is 2.07. The molecule has 3 nitrogen and oxygen atoms in total. The van der Waals surface area contributed by atoms with Gasteiger partial charge in [-0.05, 0) is 33.1 Å². The van der Waals surface area contributed by atoms with Crippen molar-refractivity contribution in [1.29, 1.82) is 0 Å². The Bertz CT molecular complexity index is 300. The van der Waals surface area contributed by atoms with Crippen molar-refractivity contribution in [1.82, 2.24) is 9.55 Å². The van der Waals surface area contributed by atoms with Crippen molar-refractivity contribution in [2.75, 3.05) is 6.61 Å². The van der Waals surface area contributed by atoms with E-state index in [1.54, 1.807) is 0 Å². The molecule has 1 aliphatic heterocycles. The highest BCUT2D eigenvalue weighted by atomic mass is 16.5. The van der Waals surface area contributed by atoms with Crippen LogP contribution in [0, 0.1) is 13.8 Å². The topological polar surface area (TPSA) is 27.1 Å². The Kier molecular flexibility index (Phi) is 2.87. The molecule has 0 aromatic carbocycles. The van der Waals surface area contributed by atoms with Crippen molar-refractivity contribution in [3.05, 3.63) is 17.7 Å². The molecule has 0 amide bonds. The van der Waals surface area contributed by atoms with Gasteiger partial charge in [-0.1, -0.05) is 0 Å². The zero-order chi connectivity index (χ0) is 9.97. The van der Waals surface area contributed by atoms with Crippen molar-refractivity contribution in [3.8, 4) is 0 Å². The highest BCUT2D eigenvalue weighted by molar-refractivity contribution is 5.08. The van der Waals surface area contributed by atoms with Crippen LogP contribution in [-0.4, -0.2) is 22.3 Å². The summed E-state index contributed by atoms with van der Waals surface area (Å²) in [5.74, 6) is 0. The van der Waals surface area contributed by atoms with Crippen molar-refractivity contribution in [3.63, 3.8) is 0 Å². The summed E-state index contributed by atoms with van der Waals surface area (Å²) in [5, 5.41) is 0. The van der Waals surface area contributed by atoms with Crippen LogP contribution in [0.2, 0.25) is 0 Å². The Morgan fingerprint density at radius 2 is 2.36 bits per heavy atom. The molecule has 78 valence electrons. The number of aryl methyl sites for hydroxylation is 1. The molecular formula is C11H18N2O. The molecule has 14 heavy (non-hydrogen) atoms. The number of imidazole rings is 1. The van der Waals surface area contributed by atoms with Crippen LogP contribution in [0.4, 0.5) is 0 Å². The maximum atomic E-state index is 5.70. The van der Waals surface area contributed by atoms with Gasteiger partial charge in [-0.25, -0.2) is 4.98 Å². The zero-order valence-corrected chi connectivity index (χ0v) is 8.99. The number of aromatic nitrogens is 2.